The van der Waals surface area contributed by atoms with Gasteiger partial charge in [-0.2, -0.15) is 0 Å². The molecule has 3 amide bonds. The molecule has 1 saturated heterocycles. The number of phenols is 1. The summed E-state index contributed by atoms with van der Waals surface area (Å²) in [5.74, 6) is -1.90. The van der Waals surface area contributed by atoms with Gasteiger partial charge in [-0.1, -0.05) is 26.0 Å². The van der Waals surface area contributed by atoms with Gasteiger partial charge in [0.05, 0.1) is 0 Å². The molecule has 0 saturated carbocycles. The van der Waals surface area contributed by atoms with E-state index in [0.717, 1.165) is 0 Å². The molecule has 1 aromatic rings. The summed E-state index contributed by atoms with van der Waals surface area (Å²) in [5.41, 5.74) is -0.00767. The summed E-state index contributed by atoms with van der Waals surface area (Å²) in [4.78, 5) is 51.6. The van der Waals surface area contributed by atoms with Crippen molar-refractivity contribution < 1.29 is 34.1 Å². The van der Waals surface area contributed by atoms with Gasteiger partial charge in [-0.3, -0.25) is 9.59 Å². The normalized spacial score (nSPS) is 16.2. The van der Waals surface area contributed by atoms with Crippen LogP contribution in [0.25, 0.3) is 0 Å². The lowest BCUT2D eigenvalue weighted by atomic mass is 9.94. The highest BCUT2D eigenvalue weighted by Gasteiger charge is 2.34. The first-order valence-electron chi connectivity index (χ1n) is 12.3. The van der Waals surface area contributed by atoms with Gasteiger partial charge < -0.3 is 30.5 Å². The van der Waals surface area contributed by atoms with Crippen LogP contribution in [-0.4, -0.2) is 69.8 Å². The predicted octanol–water partition coefficient (Wildman–Crippen LogP) is 2.68. The Morgan fingerprint density at radius 3 is 2.11 bits per heavy atom. The number of carboxylic acids is 1. The van der Waals surface area contributed by atoms with Crippen molar-refractivity contribution in [2.45, 2.75) is 78.0 Å². The number of aliphatic carboxylic acids is 1. The van der Waals surface area contributed by atoms with E-state index >= 15 is 0 Å². The molecule has 0 aliphatic carbocycles. The SMILES string of the molecule is CC(C)CC(NC(=O)OC(C)(C)C)C(=O)N1CCC(C(=O)NC(Cc2ccc(O)cc2)C(=O)O)CC1. The molecule has 1 heterocycles. The standard InChI is InChI=1S/C26H39N3O7/c1-16(2)14-20(28-25(35)36-26(3,4)5)23(32)29-12-10-18(11-13-29)22(31)27-21(24(33)34)15-17-6-8-19(30)9-7-17/h6-9,16,18,20-21,30H,10-15H2,1-5H3,(H,27,31)(H,28,35)(H,33,34). The molecular formula is C26H39N3O7. The van der Waals surface area contributed by atoms with E-state index in [2.05, 4.69) is 10.6 Å². The highest BCUT2D eigenvalue weighted by molar-refractivity contribution is 5.87. The number of rotatable bonds is 9. The minimum Gasteiger partial charge on any atom is -0.508 e. The van der Waals surface area contributed by atoms with Crippen molar-refractivity contribution in [2.75, 3.05) is 13.1 Å². The first kappa shape index (κ1) is 28.9. The summed E-state index contributed by atoms with van der Waals surface area (Å²) in [6, 6.07) is 4.32. The maximum absolute atomic E-state index is 13.2. The second kappa shape index (κ2) is 12.6. The molecule has 10 heteroatoms. The van der Waals surface area contributed by atoms with Crippen LogP contribution in [0.2, 0.25) is 0 Å². The molecule has 1 aliphatic heterocycles. The van der Waals surface area contributed by atoms with Gasteiger partial charge >= 0.3 is 12.1 Å². The number of ether oxygens (including phenoxy) is 1. The Morgan fingerprint density at radius 2 is 1.61 bits per heavy atom. The smallest absolute Gasteiger partial charge is 0.408 e. The largest absolute Gasteiger partial charge is 0.508 e. The average Bonchev–Trinajstić information content (AvgIpc) is 2.77. The van der Waals surface area contributed by atoms with Crippen LogP contribution in [0.15, 0.2) is 24.3 Å². The predicted molar refractivity (Wildman–Crippen MR) is 133 cm³/mol. The molecule has 0 aromatic heterocycles. The third-order valence-corrected chi connectivity index (χ3v) is 5.86. The lowest BCUT2D eigenvalue weighted by Gasteiger charge is -2.34. The average molecular weight is 506 g/mol. The molecule has 0 spiro atoms. The van der Waals surface area contributed by atoms with Crippen LogP contribution in [0.4, 0.5) is 4.79 Å². The first-order chi connectivity index (χ1) is 16.7. The summed E-state index contributed by atoms with van der Waals surface area (Å²) in [5, 5.41) is 24.3. The van der Waals surface area contributed by atoms with Gasteiger partial charge in [-0.05, 0) is 63.6 Å². The highest BCUT2D eigenvalue weighted by atomic mass is 16.6. The van der Waals surface area contributed by atoms with E-state index in [1.54, 1.807) is 37.8 Å². The molecule has 0 bridgehead atoms. The van der Waals surface area contributed by atoms with Gasteiger partial charge in [-0.15, -0.1) is 0 Å². The van der Waals surface area contributed by atoms with Gasteiger partial charge in [0.2, 0.25) is 11.8 Å². The monoisotopic (exact) mass is 505 g/mol. The summed E-state index contributed by atoms with van der Waals surface area (Å²) in [6.07, 6.45) is 0.680. The van der Waals surface area contributed by atoms with E-state index in [9.17, 15) is 29.4 Å². The summed E-state index contributed by atoms with van der Waals surface area (Å²) in [7, 11) is 0. The Hall–Kier alpha value is -3.30. The van der Waals surface area contributed by atoms with Crippen LogP contribution < -0.4 is 10.6 Å². The molecule has 2 unspecified atom stereocenters. The van der Waals surface area contributed by atoms with E-state index in [-0.39, 0.29) is 29.9 Å². The van der Waals surface area contributed by atoms with Crippen molar-refractivity contribution in [1.82, 2.24) is 15.5 Å². The zero-order valence-electron chi connectivity index (χ0n) is 21.7. The van der Waals surface area contributed by atoms with Gasteiger partial charge in [0.25, 0.3) is 0 Å². The number of carbonyl (C=O) groups excluding carboxylic acids is 3. The zero-order valence-corrected chi connectivity index (χ0v) is 21.7. The molecule has 36 heavy (non-hydrogen) atoms. The Kier molecular flexibility index (Phi) is 10.1. The topological polar surface area (TPSA) is 145 Å². The quantitative estimate of drug-likeness (QED) is 0.404. The lowest BCUT2D eigenvalue weighted by Crippen LogP contribution is -2.53. The number of aromatic hydroxyl groups is 1. The Bertz CT molecular complexity index is 916. The number of likely N-dealkylation sites (tertiary alicyclic amines) is 1. The van der Waals surface area contributed by atoms with Crippen molar-refractivity contribution in [3.63, 3.8) is 0 Å². The summed E-state index contributed by atoms with van der Waals surface area (Å²) in [6.45, 7) is 9.84. The maximum atomic E-state index is 13.2. The molecule has 4 N–H and O–H groups in total. The van der Waals surface area contributed by atoms with Crippen molar-refractivity contribution in [3.8, 4) is 5.75 Å². The van der Waals surface area contributed by atoms with Crippen LogP contribution in [0, 0.1) is 11.8 Å². The van der Waals surface area contributed by atoms with Gasteiger partial charge in [0, 0.05) is 25.4 Å². The van der Waals surface area contributed by atoms with E-state index in [1.807, 2.05) is 13.8 Å². The first-order valence-corrected chi connectivity index (χ1v) is 12.3. The van der Waals surface area contributed by atoms with Crippen LogP contribution in [0.3, 0.4) is 0 Å². The minimum atomic E-state index is -1.14. The summed E-state index contributed by atoms with van der Waals surface area (Å²) < 4.78 is 5.31. The Balaban J connectivity index is 1.94. The molecule has 10 nitrogen and oxygen atoms in total. The second-order valence-electron chi connectivity index (χ2n) is 10.7. The molecular weight excluding hydrogens is 466 g/mol. The number of amides is 3. The van der Waals surface area contributed by atoms with E-state index in [0.29, 0.717) is 37.9 Å². The molecule has 0 radical (unpaired) electrons. The zero-order chi connectivity index (χ0) is 27.0. The fourth-order valence-corrected chi connectivity index (χ4v) is 4.08. The molecule has 1 aliphatic rings. The molecule has 2 rings (SSSR count). The van der Waals surface area contributed by atoms with E-state index in [4.69, 9.17) is 4.74 Å². The van der Waals surface area contributed by atoms with Gasteiger partial charge in [-0.25, -0.2) is 9.59 Å². The van der Waals surface area contributed by atoms with Crippen LogP contribution in [-0.2, 0) is 25.5 Å². The minimum absolute atomic E-state index is 0.0768. The van der Waals surface area contributed by atoms with E-state index < -0.39 is 35.7 Å². The van der Waals surface area contributed by atoms with Crippen molar-refractivity contribution in [2.24, 2.45) is 11.8 Å². The number of nitrogens with zero attached hydrogens (tertiary/aromatic N) is 1. The Morgan fingerprint density at radius 1 is 1.03 bits per heavy atom. The van der Waals surface area contributed by atoms with Crippen LogP contribution in [0.5, 0.6) is 5.75 Å². The van der Waals surface area contributed by atoms with Crippen molar-refractivity contribution >= 4 is 23.9 Å². The van der Waals surface area contributed by atoms with Gasteiger partial charge in [0.1, 0.15) is 23.4 Å². The molecule has 1 aromatic carbocycles. The number of piperidine rings is 1. The third-order valence-electron chi connectivity index (χ3n) is 5.86. The summed E-state index contributed by atoms with van der Waals surface area (Å²) >= 11 is 0. The van der Waals surface area contributed by atoms with Crippen LogP contribution >= 0.6 is 0 Å². The number of nitrogens with one attached hydrogen (secondary N) is 2. The fraction of sp³-hybridized carbons (Fsp3) is 0.615. The highest BCUT2D eigenvalue weighted by Crippen LogP contribution is 2.20. The van der Waals surface area contributed by atoms with Crippen LogP contribution in [0.1, 0.15) is 59.4 Å². The maximum Gasteiger partial charge on any atom is 0.408 e. The number of carbonyl (C=O) groups is 4. The fourth-order valence-electron chi connectivity index (χ4n) is 4.08. The Labute approximate surface area is 212 Å². The number of hydrogen-bond donors (Lipinski definition) is 4. The lowest BCUT2D eigenvalue weighted by molar-refractivity contribution is -0.143. The number of phenolic OH excluding ortho intramolecular Hbond substituents is 1. The third kappa shape index (κ3) is 9.39. The molecule has 2 atom stereocenters. The van der Waals surface area contributed by atoms with Gasteiger partial charge in [0.15, 0.2) is 0 Å². The second-order valence-corrected chi connectivity index (χ2v) is 10.7. The number of carboxylic acid groups (broad SMARTS) is 1. The van der Waals surface area contributed by atoms with E-state index in [1.165, 1.54) is 12.1 Å². The molecule has 200 valence electrons. The molecule has 1 fully saturated rings. The van der Waals surface area contributed by atoms with Crippen molar-refractivity contribution in [3.05, 3.63) is 29.8 Å². The number of hydrogen-bond acceptors (Lipinski definition) is 6. The number of alkyl carbamates (subject to hydrolysis) is 1. The van der Waals surface area contributed by atoms with Crippen molar-refractivity contribution in [1.29, 1.82) is 0 Å². The number of benzene rings is 1.